The second-order valence-corrected chi connectivity index (χ2v) is 7.54. The molecule has 0 unspecified atom stereocenters. The van der Waals surface area contributed by atoms with Gasteiger partial charge in [-0.3, -0.25) is 9.59 Å². The Labute approximate surface area is 166 Å². The molecule has 1 aliphatic heterocycles. The Morgan fingerprint density at radius 3 is 2.57 bits per heavy atom. The van der Waals surface area contributed by atoms with E-state index in [0.29, 0.717) is 31.9 Å². The first-order valence-electron chi connectivity index (χ1n) is 9.05. The van der Waals surface area contributed by atoms with Crippen LogP contribution in [0.2, 0.25) is 0 Å². The summed E-state index contributed by atoms with van der Waals surface area (Å²) in [6.07, 6.45) is 0. The summed E-state index contributed by atoms with van der Waals surface area (Å²) in [6.45, 7) is 4.27. The molecule has 1 fully saturated rings. The molecular weight excluding hydrogens is 376 g/mol. The van der Waals surface area contributed by atoms with Gasteiger partial charge in [0.15, 0.2) is 5.82 Å². The number of hydrogen-bond acceptors (Lipinski definition) is 7. The minimum Gasteiger partial charge on any atom is -0.352 e. The number of carbonyl (C=O) groups excluding carboxylic acids is 1. The maximum absolute atomic E-state index is 12.5. The van der Waals surface area contributed by atoms with Crippen LogP contribution >= 0.6 is 11.3 Å². The fraction of sp³-hybridized carbons (Fsp3) is 0.316. The third-order valence-corrected chi connectivity index (χ3v) is 5.56. The predicted molar refractivity (Wildman–Crippen MR) is 107 cm³/mol. The van der Waals surface area contributed by atoms with Crippen molar-refractivity contribution in [1.82, 2.24) is 24.9 Å². The highest BCUT2D eigenvalue weighted by Crippen LogP contribution is 2.23. The van der Waals surface area contributed by atoms with Crippen LogP contribution in [0, 0.1) is 6.92 Å². The SMILES string of the molecule is Cc1ccc(=O)n(CC(=O)N2CCN(c3ccc(-c4cccs4)nn3)CC2)n1. The smallest absolute Gasteiger partial charge is 0.267 e. The van der Waals surface area contributed by atoms with Gasteiger partial charge in [0.2, 0.25) is 5.91 Å². The Bertz CT molecular complexity index is 1010. The number of thiophene rings is 1. The molecule has 28 heavy (non-hydrogen) atoms. The molecule has 0 N–H and O–H groups in total. The average molecular weight is 396 g/mol. The highest BCUT2D eigenvalue weighted by molar-refractivity contribution is 7.13. The number of rotatable bonds is 4. The van der Waals surface area contributed by atoms with Crippen LogP contribution in [0.3, 0.4) is 0 Å². The van der Waals surface area contributed by atoms with Crippen molar-refractivity contribution in [3.05, 3.63) is 57.8 Å². The van der Waals surface area contributed by atoms with Crippen LogP contribution < -0.4 is 10.5 Å². The van der Waals surface area contributed by atoms with E-state index in [1.807, 2.05) is 29.6 Å². The fourth-order valence-electron chi connectivity index (χ4n) is 3.13. The molecule has 4 rings (SSSR count). The normalized spacial score (nSPS) is 14.3. The number of aryl methyl sites for hydroxylation is 1. The van der Waals surface area contributed by atoms with Crippen molar-refractivity contribution in [2.45, 2.75) is 13.5 Å². The minimum atomic E-state index is -0.265. The van der Waals surface area contributed by atoms with Crippen molar-refractivity contribution >= 4 is 23.1 Å². The van der Waals surface area contributed by atoms with Crippen molar-refractivity contribution < 1.29 is 4.79 Å². The van der Waals surface area contributed by atoms with E-state index < -0.39 is 0 Å². The highest BCUT2D eigenvalue weighted by Gasteiger charge is 2.23. The molecule has 3 aromatic heterocycles. The molecule has 1 saturated heterocycles. The van der Waals surface area contributed by atoms with E-state index in [4.69, 9.17) is 0 Å². The first kappa shape index (κ1) is 18.3. The van der Waals surface area contributed by atoms with Crippen LogP contribution in [0.1, 0.15) is 5.69 Å². The van der Waals surface area contributed by atoms with Crippen LogP contribution in [0.5, 0.6) is 0 Å². The maximum Gasteiger partial charge on any atom is 0.267 e. The molecule has 0 aliphatic carbocycles. The highest BCUT2D eigenvalue weighted by atomic mass is 32.1. The summed E-state index contributed by atoms with van der Waals surface area (Å²) in [7, 11) is 0. The molecule has 1 aliphatic rings. The van der Waals surface area contributed by atoms with E-state index in [1.165, 1.54) is 10.7 Å². The number of amides is 1. The molecule has 0 atom stereocenters. The Morgan fingerprint density at radius 2 is 1.89 bits per heavy atom. The quantitative estimate of drug-likeness (QED) is 0.663. The lowest BCUT2D eigenvalue weighted by Gasteiger charge is -2.35. The van der Waals surface area contributed by atoms with Gasteiger partial charge in [0.25, 0.3) is 5.56 Å². The van der Waals surface area contributed by atoms with Crippen LogP contribution in [0.4, 0.5) is 5.82 Å². The summed E-state index contributed by atoms with van der Waals surface area (Å²) in [4.78, 5) is 29.4. The van der Waals surface area contributed by atoms with Gasteiger partial charge >= 0.3 is 0 Å². The van der Waals surface area contributed by atoms with E-state index in [1.54, 1.807) is 29.2 Å². The van der Waals surface area contributed by atoms with Crippen LogP contribution in [0.15, 0.2) is 46.6 Å². The largest absolute Gasteiger partial charge is 0.352 e. The molecule has 144 valence electrons. The van der Waals surface area contributed by atoms with Gasteiger partial charge in [-0.1, -0.05) is 6.07 Å². The lowest BCUT2D eigenvalue weighted by molar-refractivity contribution is -0.132. The third kappa shape index (κ3) is 3.94. The number of carbonyl (C=O) groups is 1. The van der Waals surface area contributed by atoms with E-state index >= 15 is 0 Å². The van der Waals surface area contributed by atoms with E-state index in [9.17, 15) is 9.59 Å². The fourth-order valence-corrected chi connectivity index (χ4v) is 3.82. The molecule has 0 spiro atoms. The minimum absolute atomic E-state index is 0.0319. The molecule has 9 heteroatoms. The summed E-state index contributed by atoms with van der Waals surface area (Å²) in [6, 6.07) is 11.0. The van der Waals surface area contributed by atoms with Crippen molar-refractivity contribution in [3.63, 3.8) is 0 Å². The van der Waals surface area contributed by atoms with Crippen LogP contribution in [-0.4, -0.2) is 57.0 Å². The summed E-state index contributed by atoms with van der Waals surface area (Å²) in [5.74, 6) is 0.711. The standard InChI is InChI=1S/C19H20N6O2S/c1-14-4-7-18(26)25(22-14)13-19(27)24-10-8-23(9-11-24)17-6-5-15(20-21-17)16-3-2-12-28-16/h2-7,12H,8-11,13H2,1H3. The van der Waals surface area contributed by atoms with Crippen LogP contribution in [0.25, 0.3) is 10.6 Å². The number of aromatic nitrogens is 4. The Morgan fingerprint density at radius 1 is 1.07 bits per heavy atom. The Hall–Kier alpha value is -3.07. The van der Waals surface area contributed by atoms with Gasteiger partial charge in [-0.15, -0.1) is 21.5 Å². The van der Waals surface area contributed by atoms with Crippen molar-refractivity contribution in [1.29, 1.82) is 0 Å². The maximum atomic E-state index is 12.5. The van der Waals surface area contributed by atoms with Gasteiger partial charge in [0.05, 0.1) is 10.6 Å². The first-order chi connectivity index (χ1) is 13.6. The monoisotopic (exact) mass is 396 g/mol. The zero-order valence-corrected chi connectivity index (χ0v) is 16.3. The zero-order valence-electron chi connectivity index (χ0n) is 15.5. The zero-order chi connectivity index (χ0) is 19.5. The lowest BCUT2D eigenvalue weighted by atomic mass is 10.3. The molecule has 0 bridgehead atoms. The predicted octanol–water partition coefficient (Wildman–Crippen LogP) is 1.42. The summed E-state index contributed by atoms with van der Waals surface area (Å²) < 4.78 is 1.22. The first-order valence-corrected chi connectivity index (χ1v) is 9.93. The third-order valence-electron chi connectivity index (χ3n) is 4.67. The second kappa shape index (κ2) is 7.89. The van der Waals surface area contributed by atoms with Gasteiger partial charge in [-0.05, 0) is 36.6 Å². The molecule has 3 aromatic rings. The molecule has 4 heterocycles. The van der Waals surface area contributed by atoms with E-state index in [0.717, 1.165) is 16.4 Å². The molecule has 0 saturated carbocycles. The summed E-state index contributed by atoms with van der Waals surface area (Å²) in [5.41, 5.74) is 1.31. The number of anilines is 1. The molecular formula is C19H20N6O2S. The molecule has 1 amide bonds. The second-order valence-electron chi connectivity index (χ2n) is 6.59. The van der Waals surface area contributed by atoms with Crippen molar-refractivity contribution in [3.8, 4) is 10.6 Å². The summed E-state index contributed by atoms with van der Waals surface area (Å²) in [5, 5.41) is 14.8. The number of hydrogen-bond donors (Lipinski definition) is 0. The topological polar surface area (TPSA) is 84.2 Å². The van der Waals surface area contributed by atoms with Gasteiger partial charge in [-0.25, -0.2) is 4.68 Å². The van der Waals surface area contributed by atoms with Crippen molar-refractivity contribution in [2.24, 2.45) is 0 Å². The van der Waals surface area contributed by atoms with Gasteiger partial charge in [0, 0.05) is 32.2 Å². The van der Waals surface area contributed by atoms with Crippen molar-refractivity contribution in [2.75, 3.05) is 31.1 Å². The van der Waals surface area contributed by atoms with E-state index in [-0.39, 0.29) is 18.0 Å². The number of nitrogens with zero attached hydrogens (tertiary/aromatic N) is 6. The van der Waals surface area contributed by atoms with Gasteiger partial charge in [0.1, 0.15) is 12.2 Å². The summed E-state index contributed by atoms with van der Waals surface area (Å²) >= 11 is 1.63. The molecule has 0 aromatic carbocycles. The molecule has 0 radical (unpaired) electrons. The van der Waals surface area contributed by atoms with Gasteiger partial charge < -0.3 is 9.80 Å². The Balaban J connectivity index is 1.36. The number of piperazine rings is 1. The average Bonchev–Trinajstić information content (AvgIpc) is 3.26. The van der Waals surface area contributed by atoms with Crippen LogP contribution in [-0.2, 0) is 11.3 Å². The van der Waals surface area contributed by atoms with E-state index in [2.05, 4.69) is 20.2 Å². The molecule has 8 nitrogen and oxygen atoms in total. The van der Waals surface area contributed by atoms with Gasteiger partial charge in [-0.2, -0.15) is 5.10 Å². The lowest BCUT2D eigenvalue weighted by Crippen LogP contribution is -2.50. The Kier molecular flexibility index (Phi) is 5.16.